The van der Waals surface area contributed by atoms with Gasteiger partial charge in [0.15, 0.2) is 17.5 Å². The summed E-state index contributed by atoms with van der Waals surface area (Å²) >= 11 is 0. The van der Waals surface area contributed by atoms with Crippen LogP contribution in [0.4, 0.5) is 10.2 Å². The molecule has 1 saturated heterocycles. The second-order valence-corrected chi connectivity index (χ2v) is 4.37. The van der Waals surface area contributed by atoms with Crippen molar-refractivity contribution in [1.29, 1.82) is 0 Å². The van der Waals surface area contributed by atoms with E-state index in [9.17, 15) is 4.39 Å². The zero-order valence-corrected chi connectivity index (χ0v) is 10.6. The van der Waals surface area contributed by atoms with Crippen molar-refractivity contribution >= 4 is 5.82 Å². The number of morpholine rings is 1. The first-order chi connectivity index (χ1) is 9.24. The highest BCUT2D eigenvalue weighted by atomic mass is 19.1. The predicted molar refractivity (Wildman–Crippen MR) is 67.2 cm³/mol. The summed E-state index contributed by atoms with van der Waals surface area (Å²) in [5.41, 5.74) is 0.775. The largest absolute Gasteiger partial charge is 0.378 e. The lowest BCUT2D eigenvalue weighted by molar-refractivity contribution is 0.122. The summed E-state index contributed by atoms with van der Waals surface area (Å²) in [6.45, 7) is 2.46. The van der Waals surface area contributed by atoms with Crippen LogP contribution in [0.15, 0.2) is 18.6 Å². The van der Waals surface area contributed by atoms with Crippen LogP contribution in [-0.2, 0) is 11.8 Å². The quantitative estimate of drug-likeness (QED) is 0.804. The highest BCUT2D eigenvalue weighted by Gasteiger charge is 2.18. The Morgan fingerprint density at radius 1 is 1.26 bits per heavy atom. The van der Waals surface area contributed by atoms with Crippen LogP contribution in [0.2, 0.25) is 0 Å². The number of aryl methyl sites for hydroxylation is 1. The Hall–Kier alpha value is -2.02. The molecule has 2 aromatic heterocycles. The summed E-state index contributed by atoms with van der Waals surface area (Å²) in [5, 5.41) is 4.07. The lowest BCUT2D eigenvalue weighted by atomic mass is 10.3. The molecule has 3 rings (SSSR count). The summed E-state index contributed by atoms with van der Waals surface area (Å²) in [6, 6.07) is 0. The van der Waals surface area contributed by atoms with E-state index in [0.717, 1.165) is 5.56 Å². The van der Waals surface area contributed by atoms with E-state index in [1.54, 1.807) is 17.1 Å². The molecular formula is C12H14FN5O. The Morgan fingerprint density at radius 2 is 2.05 bits per heavy atom. The molecule has 3 heterocycles. The molecular weight excluding hydrogens is 249 g/mol. The van der Waals surface area contributed by atoms with Gasteiger partial charge in [0.1, 0.15) is 0 Å². The first-order valence-electron chi connectivity index (χ1n) is 6.08. The van der Waals surface area contributed by atoms with Gasteiger partial charge in [-0.2, -0.15) is 5.10 Å². The molecule has 19 heavy (non-hydrogen) atoms. The SMILES string of the molecule is Cn1cc(-c2ncc(F)c(N3CCOCC3)n2)cn1. The number of hydrogen-bond acceptors (Lipinski definition) is 5. The van der Waals surface area contributed by atoms with Gasteiger partial charge in [-0.3, -0.25) is 4.68 Å². The number of nitrogens with zero attached hydrogens (tertiary/aromatic N) is 5. The molecule has 7 heteroatoms. The summed E-state index contributed by atoms with van der Waals surface area (Å²) in [7, 11) is 1.82. The number of anilines is 1. The molecule has 2 aromatic rings. The lowest BCUT2D eigenvalue weighted by Gasteiger charge is -2.28. The maximum absolute atomic E-state index is 13.8. The van der Waals surface area contributed by atoms with E-state index in [2.05, 4.69) is 15.1 Å². The Labute approximate surface area is 109 Å². The molecule has 0 radical (unpaired) electrons. The first-order valence-corrected chi connectivity index (χ1v) is 6.08. The fourth-order valence-corrected chi connectivity index (χ4v) is 2.03. The van der Waals surface area contributed by atoms with Crippen molar-refractivity contribution in [2.24, 2.45) is 7.05 Å². The second-order valence-electron chi connectivity index (χ2n) is 4.37. The third-order valence-corrected chi connectivity index (χ3v) is 3.00. The highest BCUT2D eigenvalue weighted by molar-refractivity contribution is 5.55. The summed E-state index contributed by atoms with van der Waals surface area (Å²) < 4.78 is 20.8. The molecule has 6 nitrogen and oxygen atoms in total. The maximum atomic E-state index is 13.8. The van der Waals surface area contributed by atoms with Gasteiger partial charge in [0, 0.05) is 26.3 Å². The third-order valence-electron chi connectivity index (χ3n) is 3.00. The Morgan fingerprint density at radius 3 is 2.74 bits per heavy atom. The lowest BCUT2D eigenvalue weighted by Crippen LogP contribution is -2.37. The standard InChI is InChI=1S/C12H14FN5O/c1-17-8-9(6-15-17)11-14-7-10(13)12(16-11)18-2-4-19-5-3-18/h6-8H,2-5H2,1H3. The molecule has 1 aliphatic rings. The topological polar surface area (TPSA) is 56.1 Å². The third kappa shape index (κ3) is 2.41. The molecule has 0 amide bonds. The average Bonchev–Trinajstić information content (AvgIpc) is 2.87. The summed E-state index contributed by atoms with van der Waals surface area (Å²) in [5.74, 6) is 0.405. The van der Waals surface area contributed by atoms with Crippen LogP contribution in [0.1, 0.15) is 0 Å². The molecule has 1 aliphatic heterocycles. The monoisotopic (exact) mass is 263 g/mol. The minimum atomic E-state index is -0.408. The number of ether oxygens (including phenoxy) is 1. The van der Waals surface area contributed by atoms with Crippen molar-refractivity contribution in [3.05, 3.63) is 24.4 Å². The van der Waals surface area contributed by atoms with E-state index >= 15 is 0 Å². The minimum absolute atomic E-state index is 0.331. The van der Waals surface area contributed by atoms with Gasteiger partial charge >= 0.3 is 0 Å². The average molecular weight is 263 g/mol. The van der Waals surface area contributed by atoms with Crippen LogP contribution in [0, 0.1) is 5.82 Å². The van der Waals surface area contributed by atoms with Crippen LogP contribution in [0.25, 0.3) is 11.4 Å². The van der Waals surface area contributed by atoms with Crippen molar-refractivity contribution in [2.45, 2.75) is 0 Å². The van der Waals surface area contributed by atoms with E-state index in [4.69, 9.17) is 4.74 Å². The van der Waals surface area contributed by atoms with Gasteiger partial charge < -0.3 is 9.64 Å². The molecule has 0 N–H and O–H groups in total. The molecule has 0 spiro atoms. The van der Waals surface area contributed by atoms with Crippen LogP contribution in [-0.4, -0.2) is 46.1 Å². The van der Waals surface area contributed by atoms with Gasteiger partial charge in [0.05, 0.1) is 31.2 Å². The van der Waals surface area contributed by atoms with Gasteiger partial charge in [-0.15, -0.1) is 0 Å². The van der Waals surface area contributed by atoms with Crippen molar-refractivity contribution in [1.82, 2.24) is 19.7 Å². The van der Waals surface area contributed by atoms with Gasteiger partial charge in [0.25, 0.3) is 0 Å². The molecule has 0 bridgehead atoms. The Balaban J connectivity index is 1.95. The number of hydrogen-bond donors (Lipinski definition) is 0. The Bertz CT molecular complexity index is 579. The second kappa shape index (κ2) is 4.93. The predicted octanol–water partition coefficient (Wildman–Crippen LogP) is 0.853. The van der Waals surface area contributed by atoms with Gasteiger partial charge in [-0.25, -0.2) is 14.4 Å². The van der Waals surface area contributed by atoms with Crippen LogP contribution >= 0.6 is 0 Å². The summed E-state index contributed by atoms with van der Waals surface area (Å²) in [4.78, 5) is 10.2. The van der Waals surface area contributed by atoms with E-state index in [1.807, 2.05) is 11.9 Å². The normalized spacial score (nSPS) is 15.8. The van der Waals surface area contributed by atoms with Crippen LogP contribution < -0.4 is 4.90 Å². The van der Waals surface area contributed by atoms with E-state index in [1.165, 1.54) is 6.20 Å². The molecule has 1 fully saturated rings. The zero-order valence-electron chi connectivity index (χ0n) is 10.6. The number of halogens is 1. The Kier molecular flexibility index (Phi) is 3.12. The van der Waals surface area contributed by atoms with Gasteiger partial charge in [-0.1, -0.05) is 0 Å². The van der Waals surface area contributed by atoms with Gasteiger partial charge in [0.2, 0.25) is 0 Å². The number of aromatic nitrogens is 4. The van der Waals surface area contributed by atoms with E-state index < -0.39 is 5.82 Å². The van der Waals surface area contributed by atoms with Crippen molar-refractivity contribution in [3.63, 3.8) is 0 Å². The molecule has 0 aromatic carbocycles. The van der Waals surface area contributed by atoms with E-state index in [0.29, 0.717) is 37.9 Å². The maximum Gasteiger partial charge on any atom is 0.183 e. The first kappa shape index (κ1) is 12.0. The molecule has 0 aliphatic carbocycles. The fourth-order valence-electron chi connectivity index (χ4n) is 2.03. The minimum Gasteiger partial charge on any atom is -0.378 e. The highest BCUT2D eigenvalue weighted by Crippen LogP contribution is 2.21. The van der Waals surface area contributed by atoms with Gasteiger partial charge in [-0.05, 0) is 0 Å². The molecule has 0 saturated carbocycles. The smallest absolute Gasteiger partial charge is 0.183 e. The van der Waals surface area contributed by atoms with Crippen molar-refractivity contribution < 1.29 is 9.13 Å². The summed E-state index contributed by atoms with van der Waals surface area (Å²) in [6.07, 6.45) is 4.67. The number of rotatable bonds is 2. The fraction of sp³-hybridized carbons (Fsp3) is 0.417. The molecule has 0 atom stereocenters. The molecule has 0 unspecified atom stereocenters. The zero-order chi connectivity index (χ0) is 13.2. The van der Waals surface area contributed by atoms with E-state index in [-0.39, 0.29) is 0 Å². The van der Waals surface area contributed by atoms with Crippen LogP contribution in [0.3, 0.4) is 0 Å². The van der Waals surface area contributed by atoms with Crippen molar-refractivity contribution in [2.75, 3.05) is 31.2 Å². The van der Waals surface area contributed by atoms with Crippen molar-refractivity contribution in [3.8, 4) is 11.4 Å². The molecule has 100 valence electrons. The van der Waals surface area contributed by atoms with Crippen LogP contribution in [0.5, 0.6) is 0 Å².